The van der Waals surface area contributed by atoms with Crippen molar-refractivity contribution in [2.45, 2.75) is 32.7 Å². The van der Waals surface area contributed by atoms with E-state index in [9.17, 15) is 14.9 Å². The van der Waals surface area contributed by atoms with E-state index in [-0.39, 0.29) is 30.0 Å². The Morgan fingerprint density at radius 2 is 2.25 bits per heavy atom. The van der Waals surface area contributed by atoms with Crippen LogP contribution in [0.5, 0.6) is 5.75 Å². The van der Waals surface area contributed by atoms with E-state index in [1.54, 1.807) is 0 Å². The molecule has 20 heavy (non-hydrogen) atoms. The highest BCUT2D eigenvalue weighted by atomic mass is 35.5. The van der Waals surface area contributed by atoms with Crippen molar-refractivity contribution in [3.63, 3.8) is 0 Å². The standard InChI is InChI=1S/C13H17ClN2O4/c1-3-4-9(2)15-13(17)8-20-12-7-10(14)5-6-11(12)16(18)19/h5-7,9H,3-4,8H2,1-2H3,(H,15,17). The Morgan fingerprint density at radius 3 is 2.85 bits per heavy atom. The van der Waals surface area contributed by atoms with Crippen LogP contribution in [0.4, 0.5) is 5.69 Å². The third-order valence-electron chi connectivity index (χ3n) is 2.61. The van der Waals surface area contributed by atoms with Crippen LogP contribution >= 0.6 is 11.6 Å². The monoisotopic (exact) mass is 300 g/mol. The van der Waals surface area contributed by atoms with Gasteiger partial charge in [-0.1, -0.05) is 24.9 Å². The maximum Gasteiger partial charge on any atom is 0.311 e. The molecule has 1 amide bonds. The highest BCUT2D eigenvalue weighted by Crippen LogP contribution is 2.29. The minimum Gasteiger partial charge on any atom is -0.477 e. The van der Waals surface area contributed by atoms with E-state index < -0.39 is 4.92 Å². The summed E-state index contributed by atoms with van der Waals surface area (Å²) in [6.45, 7) is 3.63. The Kier molecular flexibility index (Phi) is 6.24. The van der Waals surface area contributed by atoms with Crippen LogP contribution in [0.3, 0.4) is 0 Å². The van der Waals surface area contributed by atoms with Crippen LogP contribution in [0.25, 0.3) is 0 Å². The molecular formula is C13H17ClN2O4. The minimum absolute atomic E-state index is 0.0132. The summed E-state index contributed by atoms with van der Waals surface area (Å²) in [7, 11) is 0. The van der Waals surface area contributed by atoms with E-state index in [1.165, 1.54) is 18.2 Å². The van der Waals surface area contributed by atoms with Crippen molar-refractivity contribution in [3.8, 4) is 5.75 Å². The molecule has 0 saturated heterocycles. The predicted molar refractivity (Wildman–Crippen MR) is 76.1 cm³/mol. The molecular weight excluding hydrogens is 284 g/mol. The van der Waals surface area contributed by atoms with Gasteiger partial charge in [0.1, 0.15) is 0 Å². The average Bonchev–Trinajstić information content (AvgIpc) is 2.36. The normalized spacial score (nSPS) is 11.8. The molecule has 0 saturated carbocycles. The summed E-state index contributed by atoms with van der Waals surface area (Å²) in [5.41, 5.74) is -0.219. The molecule has 0 bridgehead atoms. The lowest BCUT2D eigenvalue weighted by Crippen LogP contribution is -2.36. The van der Waals surface area contributed by atoms with Gasteiger partial charge < -0.3 is 10.1 Å². The smallest absolute Gasteiger partial charge is 0.311 e. The molecule has 0 fully saturated rings. The summed E-state index contributed by atoms with van der Waals surface area (Å²) in [5, 5.41) is 13.9. The second-order valence-electron chi connectivity index (χ2n) is 4.42. The van der Waals surface area contributed by atoms with Crippen molar-refractivity contribution in [3.05, 3.63) is 33.3 Å². The van der Waals surface area contributed by atoms with Gasteiger partial charge in [0.2, 0.25) is 0 Å². The van der Waals surface area contributed by atoms with Crippen LogP contribution in [-0.2, 0) is 4.79 Å². The molecule has 1 aromatic rings. The molecule has 1 atom stereocenters. The second-order valence-corrected chi connectivity index (χ2v) is 4.85. The van der Waals surface area contributed by atoms with Gasteiger partial charge in [0.15, 0.2) is 12.4 Å². The van der Waals surface area contributed by atoms with Crippen molar-refractivity contribution >= 4 is 23.2 Å². The summed E-state index contributed by atoms with van der Waals surface area (Å²) in [6, 6.07) is 4.01. The zero-order valence-corrected chi connectivity index (χ0v) is 12.1. The molecule has 0 aliphatic rings. The molecule has 0 aliphatic heterocycles. The van der Waals surface area contributed by atoms with Gasteiger partial charge in [-0.25, -0.2) is 0 Å². The Morgan fingerprint density at radius 1 is 1.55 bits per heavy atom. The SMILES string of the molecule is CCCC(C)NC(=O)COc1cc(Cl)ccc1[N+](=O)[O-]. The van der Waals surface area contributed by atoms with E-state index in [2.05, 4.69) is 5.32 Å². The lowest BCUT2D eigenvalue weighted by molar-refractivity contribution is -0.385. The Hall–Kier alpha value is -1.82. The lowest BCUT2D eigenvalue weighted by Gasteiger charge is -2.13. The number of carbonyl (C=O) groups excluding carboxylic acids is 1. The molecule has 6 nitrogen and oxygen atoms in total. The number of ether oxygens (including phenoxy) is 1. The Bertz CT molecular complexity index is 493. The van der Waals surface area contributed by atoms with Crippen LogP contribution in [0.2, 0.25) is 5.02 Å². The number of amides is 1. The van der Waals surface area contributed by atoms with Crippen molar-refractivity contribution < 1.29 is 14.5 Å². The minimum atomic E-state index is -0.580. The molecule has 0 radical (unpaired) electrons. The number of nitrogens with one attached hydrogen (secondary N) is 1. The lowest BCUT2D eigenvalue weighted by atomic mass is 10.2. The average molecular weight is 301 g/mol. The number of hydrogen-bond donors (Lipinski definition) is 1. The first kappa shape index (κ1) is 16.2. The zero-order chi connectivity index (χ0) is 15.1. The molecule has 0 aliphatic carbocycles. The maximum atomic E-state index is 11.6. The van der Waals surface area contributed by atoms with Crippen LogP contribution < -0.4 is 10.1 Å². The van der Waals surface area contributed by atoms with Gasteiger partial charge in [-0.05, 0) is 19.4 Å². The van der Waals surface area contributed by atoms with Gasteiger partial charge in [0, 0.05) is 23.2 Å². The van der Waals surface area contributed by atoms with Crippen LogP contribution in [0.1, 0.15) is 26.7 Å². The van der Waals surface area contributed by atoms with Crippen molar-refractivity contribution in [2.24, 2.45) is 0 Å². The first-order valence-corrected chi connectivity index (χ1v) is 6.68. The summed E-state index contributed by atoms with van der Waals surface area (Å²) in [4.78, 5) is 21.9. The summed E-state index contributed by atoms with van der Waals surface area (Å²) in [6.07, 6.45) is 1.82. The Labute approximate surface area is 122 Å². The first-order chi connectivity index (χ1) is 9.43. The van der Waals surface area contributed by atoms with Crippen molar-refractivity contribution in [1.29, 1.82) is 0 Å². The van der Waals surface area contributed by atoms with E-state index in [4.69, 9.17) is 16.3 Å². The number of nitrogens with zero attached hydrogens (tertiary/aromatic N) is 1. The predicted octanol–water partition coefficient (Wildman–Crippen LogP) is 2.93. The highest BCUT2D eigenvalue weighted by Gasteiger charge is 2.17. The van der Waals surface area contributed by atoms with Crippen molar-refractivity contribution in [1.82, 2.24) is 5.32 Å². The molecule has 7 heteroatoms. The number of halogens is 1. The van der Waals surface area contributed by atoms with Gasteiger partial charge in [-0.3, -0.25) is 14.9 Å². The van der Waals surface area contributed by atoms with Gasteiger partial charge in [0.05, 0.1) is 4.92 Å². The van der Waals surface area contributed by atoms with Gasteiger partial charge in [-0.2, -0.15) is 0 Å². The number of nitro benzene ring substituents is 1. The number of nitro groups is 1. The molecule has 1 aromatic carbocycles. The highest BCUT2D eigenvalue weighted by molar-refractivity contribution is 6.30. The Balaban J connectivity index is 2.63. The summed E-state index contributed by atoms with van der Waals surface area (Å²) in [5.74, 6) is -0.332. The van der Waals surface area contributed by atoms with E-state index >= 15 is 0 Å². The number of carbonyl (C=O) groups is 1. The molecule has 110 valence electrons. The number of hydrogen-bond acceptors (Lipinski definition) is 4. The number of benzene rings is 1. The largest absolute Gasteiger partial charge is 0.477 e. The fourth-order valence-electron chi connectivity index (χ4n) is 1.72. The maximum absolute atomic E-state index is 11.6. The second kappa shape index (κ2) is 7.69. The zero-order valence-electron chi connectivity index (χ0n) is 11.4. The fourth-order valence-corrected chi connectivity index (χ4v) is 1.88. The summed E-state index contributed by atoms with van der Waals surface area (Å²) < 4.78 is 5.18. The first-order valence-electron chi connectivity index (χ1n) is 6.30. The van der Waals surface area contributed by atoms with Crippen LogP contribution in [0.15, 0.2) is 18.2 Å². The molecule has 0 spiro atoms. The molecule has 0 aromatic heterocycles. The topological polar surface area (TPSA) is 81.5 Å². The van der Waals surface area contributed by atoms with Gasteiger partial charge in [-0.15, -0.1) is 0 Å². The molecule has 1 rings (SSSR count). The van der Waals surface area contributed by atoms with Crippen molar-refractivity contribution in [2.75, 3.05) is 6.61 Å². The molecule has 1 unspecified atom stereocenters. The van der Waals surface area contributed by atoms with Crippen LogP contribution in [-0.4, -0.2) is 23.5 Å². The third kappa shape index (κ3) is 5.05. The quantitative estimate of drug-likeness (QED) is 0.620. The molecule has 0 heterocycles. The summed E-state index contributed by atoms with van der Waals surface area (Å²) >= 11 is 5.76. The van der Waals surface area contributed by atoms with Crippen LogP contribution in [0, 0.1) is 10.1 Å². The van der Waals surface area contributed by atoms with Gasteiger partial charge in [0.25, 0.3) is 5.91 Å². The van der Waals surface area contributed by atoms with E-state index in [1.807, 2.05) is 13.8 Å². The molecule has 1 N–H and O–H groups in total. The third-order valence-corrected chi connectivity index (χ3v) is 2.84. The van der Waals surface area contributed by atoms with Gasteiger partial charge >= 0.3 is 5.69 Å². The number of rotatable bonds is 7. The van der Waals surface area contributed by atoms with E-state index in [0.717, 1.165) is 12.8 Å². The van der Waals surface area contributed by atoms with E-state index in [0.29, 0.717) is 5.02 Å². The fraction of sp³-hybridized carbons (Fsp3) is 0.462.